The van der Waals surface area contributed by atoms with Gasteiger partial charge in [0.15, 0.2) is 5.96 Å². The number of likely N-dealkylation sites (tertiary alicyclic amines) is 1. The Balaban J connectivity index is 1.47. The summed E-state index contributed by atoms with van der Waals surface area (Å²) in [6.45, 7) is 9.58. The number of aliphatic imine (C=N–C) groups is 1. The van der Waals surface area contributed by atoms with Crippen molar-refractivity contribution in [3.63, 3.8) is 0 Å². The van der Waals surface area contributed by atoms with Crippen LogP contribution in [0.4, 0.5) is 4.79 Å². The molecule has 0 unspecified atom stereocenters. The second-order valence-electron chi connectivity index (χ2n) is 9.85. The number of nitrogens with one attached hydrogen (secondary N) is 1. The van der Waals surface area contributed by atoms with Gasteiger partial charge in [0.05, 0.1) is 0 Å². The molecule has 0 bridgehead atoms. The van der Waals surface area contributed by atoms with Crippen molar-refractivity contribution in [1.29, 1.82) is 0 Å². The lowest BCUT2D eigenvalue weighted by molar-refractivity contribution is 0.00928. The molecule has 0 radical (unpaired) electrons. The molecule has 160 valence electrons. The van der Waals surface area contributed by atoms with Gasteiger partial charge < -0.3 is 19.9 Å². The van der Waals surface area contributed by atoms with Crippen molar-refractivity contribution in [2.75, 3.05) is 33.2 Å². The molecule has 2 aliphatic carbocycles. The third-order valence-electron chi connectivity index (χ3n) is 5.97. The molecule has 1 aliphatic heterocycles. The minimum absolute atomic E-state index is 0.138. The monoisotopic (exact) mass is 392 g/mol. The molecule has 0 spiro atoms. The number of carbonyl (C=O) groups is 1. The molecule has 0 aromatic carbocycles. The Labute approximate surface area is 171 Å². The van der Waals surface area contributed by atoms with Crippen molar-refractivity contribution in [2.45, 2.75) is 83.8 Å². The fourth-order valence-corrected chi connectivity index (χ4v) is 3.99. The summed E-state index contributed by atoms with van der Waals surface area (Å²) in [4.78, 5) is 21.6. The molecule has 2 saturated carbocycles. The first-order chi connectivity index (χ1) is 13.4. The first kappa shape index (κ1) is 21.3. The van der Waals surface area contributed by atoms with E-state index in [-0.39, 0.29) is 12.1 Å². The number of ether oxygens (including phenoxy) is 1. The summed E-state index contributed by atoms with van der Waals surface area (Å²) in [7, 11) is 1.87. The highest BCUT2D eigenvalue weighted by Crippen LogP contribution is 2.33. The summed E-state index contributed by atoms with van der Waals surface area (Å²) in [6.07, 6.45) is 9.75. The average Bonchev–Trinajstić information content (AvgIpc) is 3.53. The van der Waals surface area contributed by atoms with E-state index in [1.54, 1.807) is 0 Å². The number of nitrogens with zero attached hydrogens (tertiary/aromatic N) is 3. The number of amides is 1. The van der Waals surface area contributed by atoms with Gasteiger partial charge in [-0.3, -0.25) is 4.99 Å². The van der Waals surface area contributed by atoms with Crippen molar-refractivity contribution >= 4 is 12.1 Å². The van der Waals surface area contributed by atoms with Crippen LogP contribution in [0, 0.1) is 11.8 Å². The Hall–Kier alpha value is -1.46. The lowest BCUT2D eigenvalue weighted by Crippen LogP contribution is -2.52. The van der Waals surface area contributed by atoms with Crippen LogP contribution < -0.4 is 5.32 Å². The third kappa shape index (κ3) is 6.85. The number of hydrogen-bond donors (Lipinski definition) is 1. The Bertz CT molecular complexity index is 541. The van der Waals surface area contributed by atoms with E-state index in [0.29, 0.717) is 5.92 Å². The van der Waals surface area contributed by atoms with E-state index in [0.717, 1.165) is 50.9 Å². The standard InChI is InChI=1S/C22H40N4O2/c1-22(2,3)28-21(27)26(16-18-9-10-18)19-11-14-25(15-12-19)20(23-4)24-13-5-6-17-7-8-17/h17-19H,5-16H2,1-4H3,(H,23,24). The van der Waals surface area contributed by atoms with E-state index in [2.05, 4.69) is 15.2 Å². The van der Waals surface area contributed by atoms with Gasteiger partial charge in [-0.2, -0.15) is 0 Å². The molecular formula is C22H40N4O2. The molecule has 3 rings (SSSR count). The molecule has 0 aromatic rings. The van der Waals surface area contributed by atoms with Gasteiger partial charge >= 0.3 is 6.09 Å². The van der Waals surface area contributed by atoms with Crippen LogP contribution in [-0.4, -0.2) is 66.7 Å². The second kappa shape index (κ2) is 9.36. The topological polar surface area (TPSA) is 57.2 Å². The van der Waals surface area contributed by atoms with E-state index < -0.39 is 5.60 Å². The lowest BCUT2D eigenvalue weighted by Gasteiger charge is -2.40. The smallest absolute Gasteiger partial charge is 0.410 e. The summed E-state index contributed by atoms with van der Waals surface area (Å²) in [5, 5.41) is 3.53. The third-order valence-corrected chi connectivity index (χ3v) is 5.97. The van der Waals surface area contributed by atoms with Crippen molar-refractivity contribution < 1.29 is 9.53 Å². The molecule has 6 nitrogen and oxygen atoms in total. The van der Waals surface area contributed by atoms with Crippen LogP contribution in [0.3, 0.4) is 0 Å². The van der Waals surface area contributed by atoms with Gasteiger partial charge in [0.25, 0.3) is 0 Å². The van der Waals surface area contributed by atoms with Crippen LogP contribution in [0.5, 0.6) is 0 Å². The molecule has 6 heteroatoms. The van der Waals surface area contributed by atoms with Gasteiger partial charge in [-0.25, -0.2) is 4.79 Å². The Kier molecular flexibility index (Phi) is 7.10. The minimum Gasteiger partial charge on any atom is -0.444 e. The molecule has 1 amide bonds. The number of hydrogen-bond acceptors (Lipinski definition) is 3. The maximum Gasteiger partial charge on any atom is 0.410 e. The quantitative estimate of drug-likeness (QED) is 0.406. The Morgan fingerprint density at radius 2 is 1.75 bits per heavy atom. The predicted octanol–water partition coefficient (Wildman–Crippen LogP) is 3.86. The molecule has 3 aliphatic rings. The molecule has 0 atom stereocenters. The number of piperidine rings is 1. The Morgan fingerprint density at radius 1 is 1.11 bits per heavy atom. The first-order valence-electron chi connectivity index (χ1n) is 11.3. The molecule has 28 heavy (non-hydrogen) atoms. The summed E-state index contributed by atoms with van der Waals surface area (Å²) >= 11 is 0. The summed E-state index contributed by atoms with van der Waals surface area (Å²) in [6, 6.07) is 0.277. The highest BCUT2D eigenvalue weighted by atomic mass is 16.6. The van der Waals surface area contributed by atoms with Gasteiger partial charge in [-0.1, -0.05) is 12.8 Å². The van der Waals surface area contributed by atoms with Gasteiger partial charge in [-0.15, -0.1) is 0 Å². The first-order valence-corrected chi connectivity index (χ1v) is 11.3. The van der Waals surface area contributed by atoms with Gasteiger partial charge in [0.1, 0.15) is 5.60 Å². The van der Waals surface area contributed by atoms with Crippen molar-refractivity contribution in [2.24, 2.45) is 16.8 Å². The van der Waals surface area contributed by atoms with Crippen LogP contribution in [0.25, 0.3) is 0 Å². The largest absolute Gasteiger partial charge is 0.444 e. The van der Waals surface area contributed by atoms with E-state index in [1.807, 2.05) is 32.7 Å². The fourth-order valence-electron chi connectivity index (χ4n) is 3.99. The van der Waals surface area contributed by atoms with E-state index in [1.165, 1.54) is 38.5 Å². The SMILES string of the molecule is CN=C(NCCCC1CC1)N1CCC(N(CC2CC2)C(=O)OC(C)(C)C)CC1. The minimum atomic E-state index is -0.438. The van der Waals surface area contributed by atoms with E-state index in [4.69, 9.17) is 4.74 Å². The molecule has 1 heterocycles. The van der Waals surface area contributed by atoms with Crippen molar-refractivity contribution in [3.8, 4) is 0 Å². The summed E-state index contributed by atoms with van der Waals surface area (Å²) in [5.74, 6) is 2.68. The molecular weight excluding hydrogens is 352 g/mol. The van der Waals surface area contributed by atoms with Gasteiger partial charge in [0, 0.05) is 39.3 Å². The number of rotatable bonds is 7. The van der Waals surface area contributed by atoms with Crippen LogP contribution in [0.15, 0.2) is 4.99 Å². The highest BCUT2D eigenvalue weighted by molar-refractivity contribution is 5.80. The average molecular weight is 393 g/mol. The Morgan fingerprint density at radius 3 is 2.29 bits per heavy atom. The number of guanidine groups is 1. The van der Waals surface area contributed by atoms with E-state index in [9.17, 15) is 4.79 Å². The van der Waals surface area contributed by atoms with Gasteiger partial charge in [0.2, 0.25) is 0 Å². The zero-order valence-electron chi connectivity index (χ0n) is 18.4. The predicted molar refractivity (Wildman–Crippen MR) is 114 cm³/mol. The normalized spacial score (nSPS) is 21.6. The maximum atomic E-state index is 12.8. The van der Waals surface area contributed by atoms with Crippen LogP contribution in [0.1, 0.15) is 72.1 Å². The fraction of sp³-hybridized carbons (Fsp3) is 0.909. The summed E-state index contributed by atoms with van der Waals surface area (Å²) < 4.78 is 5.70. The van der Waals surface area contributed by atoms with Crippen molar-refractivity contribution in [1.82, 2.24) is 15.1 Å². The molecule has 3 fully saturated rings. The summed E-state index contributed by atoms with van der Waals surface area (Å²) in [5.41, 5.74) is -0.438. The van der Waals surface area contributed by atoms with Gasteiger partial charge in [-0.05, 0) is 71.1 Å². The van der Waals surface area contributed by atoms with Crippen LogP contribution in [-0.2, 0) is 4.74 Å². The van der Waals surface area contributed by atoms with E-state index >= 15 is 0 Å². The molecule has 1 saturated heterocycles. The second-order valence-corrected chi connectivity index (χ2v) is 9.85. The molecule has 0 aromatic heterocycles. The molecule has 1 N–H and O–H groups in total. The van der Waals surface area contributed by atoms with Crippen molar-refractivity contribution in [3.05, 3.63) is 0 Å². The van der Waals surface area contributed by atoms with Crippen LogP contribution >= 0.6 is 0 Å². The zero-order chi connectivity index (χ0) is 20.1. The number of carbonyl (C=O) groups excluding carboxylic acids is 1. The maximum absolute atomic E-state index is 12.8. The highest BCUT2D eigenvalue weighted by Gasteiger charge is 2.35. The zero-order valence-corrected chi connectivity index (χ0v) is 18.4. The van der Waals surface area contributed by atoms with Crippen LogP contribution in [0.2, 0.25) is 0 Å². The lowest BCUT2D eigenvalue weighted by atomic mass is 10.0.